The molecule has 124 valence electrons. The highest BCUT2D eigenvalue weighted by atomic mass is 19.1. The fourth-order valence-corrected chi connectivity index (χ4v) is 2.66. The van der Waals surface area contributed by atoms with Gasteiger partial charge in [0.25, 0.3) is 0 Å². The highest BCUT2D eigenvalue weighted by molar-refractivity contribution is 5.94. The van der Waals surface area contributed by atoms with E-state index in [9.17, 15) is 9.18 Å². The number of nitrogens with zero attached hydrogens (tertiary/aromatic N) is 2. The van der Waals surface area contributed by atoms with Gasteiger partial charge in [0.1, 0.15) is 11.6 Å². The van der Waals surface area contributed by atoms with Crippen molar-refractivity contribution in [2.24, 2.45) is 5.41 Å². The minimum Gasteiger partial charge on any atom is -0.312 e. The predicted octanol–water partition coefficient (Wildman–Crippen LogP) is 4.54. The van der Waals surface area contributed by atoms with Crippen molar-refractivity contribution >= 4 is 22.8 Å². The fourth-order valence-electron chi connectivity index (χ4n) is 2.66. The van der Waals surface area contributed by atoms with Crippen LogP contribution in [0.25, 0.3) is 16.7 Å². The SMILES string of the molecule is CC(C)(C)CC(=O)Nc1cc2ncccc2n1-c1ccc(F)cc1. The van der Waals surface area contributed by atoms with Crippen LogP contribution < -0.4 is 5.32 Å². The Morgan fingerprint density at radius 3 is 2.58 bits per heavy atom. The molecule has 0 aliphatic rings. The Kier molecular flexibility index (Phi) is 4.09. The summed E-state index contributed by atoms with van der Waals surface area (Å²) < 4.78 is 15.1. The Morgan fingerprint density at radius 1 is 1.21 bits per heavy atom. The van der Waals surface area contributed by atoms with Crippen LogP contribution in [0, 0.1) is 11.2 Å². The van der Waals surface area contributed by atoms with Crippen LogP contribution in [0.1, 0.15) is 27.2 Å². The maximum absolute atomic E-state index is 13.2. The summed E-state index contributed by atoms with van der Waals surface area (Å²) in [7, 11) is 0. The average molecular weight is 325 g/mol. The molecule has 0 saturated carbocycles. The van der Waals surface area contributed by atoms with Gasteiger partial charge in [-0.15, -0.1) is 0 Å². The molecule has 5 heteroatoms. The number of carbonyl (C=O) groups excluding carboxylic acids is 1. The van der Waals surface area contributed by atoms with Crippen LogP contribution >= 0.6 is 0 Å². The van der Waals surface area contributed by atoms with E-state index >= 15 is 0 Å². The van der Waals surface area contributed by atoms with Gasteiger partial charge in [0.2, 0.25) is 5.91 Å². The molecule has 0 saturated heterocycles. The van der Waals surface area contributed by atoms with Crippen molar-refractivity contribution in [3.05, 3.63) is 54.5 Å². The van der Waals surface area contributed by atoms with E-state index in [2.05, 4.69) is 10.3 Å². The molecule has 1 aromatic carbocycles. The lowest BCUT2D eigenvalue weighted by atomic mass is 9.92. The molecule has 0 fully saturated rings. The van der Waals surface area contributed by atoms with Gasteiger partial charge in [-0.05, 0) is 41.8 Å². The molecule has 24 heavy (non-hydrogen) atoms. The Labute approximate surface area is 140 Å². The molecule has 0 unspecified atom stereocenters. The van der Waals surface area contributed by atoms with Gasteiger partial charge in [-0.1, -0.05) is 20.8 Å². The quantitative estimate of drug-likeness (QED) is 0.768. The van der Waals surface area contributed by atoms with Crippen molar-refractivity contribution in [1.82, 2.24) is 9.55 Å². The van der Waals surface area contributed by atoms with Crippen LogP contribution in [0.2, 0.25) is 0 Å². The van der Waals surface area contributed by atoms with Gasteiger partial charge in [-0.2, -0.15) is 0 Å². The van der Waals surface area contributed by atoms with Gasteiger partial charge in [-0.25, -0.2) is 4.39 Å². The highest BCUT2D eigenvalue weighted by Crippen LogP contribution is 2.28. The summed E-state index contributed by atoms with van der Waals surface area (Å²) in [5.41, 5.74) is 2.29. The maximum Gasteiger partial charge on any atom is 0.226 e. The minimum atomic E-state index is -0.299. The lowest BCUT2D eigenvalue weighted by Crippen LogP contribution is -2.20. The van der Waals surface area contributed by atoms with E-state index in [1.807, 2.05) is 43.5 Å². The number of aromatic nitrogens is 2. The van der Waals surface area contributed by atoms with Crippen LogP contribution in [-0.4, -0.2) is 15.5 Å². The maximum atomic E-state index is 13.2. The largest absolute Gasteiger partial charge is 0.312 e. The van der Waals surface area contributed by atoms with Gasteiger partial charge in [-0.3, -0.25) is 14.3 Å². The van der Waals surface area contributed by atoms with Crippen molar-refractivity contribution in [1.29, 1.82) is 0 Å². The normalized spacial score (nSPS) is 11.7. The number of hydrogen-bond donors (Lipinski definition) is 1. The Bertz CT molecular complexity index is 876. The number of hydrogen-bond acceptors (Lipinski definition) is 2. The Hall–Kier alpha value is -2.69. The molecule has 3 aromatic rings. The van der Waals surface area contributed by atoms with Gasteiger partial charge in [0.15, 0.2) is 0 Å². The Balaban J connectivity index is 2.05. The molecular weight excluding hydrogens is 305 g/mol. The molecule has 2 aromatic heterocycles. The molecule has 0 radical (unpaired) electrons. The third-order valence-electron chi connectivity index (χ3n) is 3.61. The third-order valence-corrected chi connectivity index (χ3v) is 3.61. The first-order valence-corrected chi connectivity index (χ1v) is 7.86. The van der Waals surface area contributed by atoms with Crippen molar-refractivity contribution < 1.29 is 9.18 Å². The van der Waals surface area contributed by atoms with Crippen LogP contribution in [0.4, 0.5) is 10.2 Å². The number of halogens is 1. The Morgan fingerprint density at radius 2 is 1.92 bits per heavy atom. The molecule has 0 aliphatic carbocycles. The van der Waals surface area contributed by atoms with Crippen molar-refractivity contribution in [2.75, 3.05) is 5.32 Å². The molecule has 0 bridgehead atoms. The first kappa shape index (κ1) is 16.2. The zero-order valence-corrected chi connectivity index (χ0v) is 14.0. The number of fused-ring (bicyclic) bond motifs is 1. The summed E-state index contributed by atoms with van der Waals surface area (Å²) in [5.74, 6) is 0.268. The summed E-state index contributed by atoms with van der Waals surface area (Å²) in [6, 6.07) is 11.8. The molecular formula is C19H20FN3O. The van der Waals surface area contributed by atoms with Gasteiger partial charge < -0.3 is 5.32 Å². The summed E-state index contributed by atoms with van der Waals surface area (Å²) in [6.45, 7) is 6.05. The standard InChI is InChI=1S/C19H20FN3O/c1-19(2,3)12-18(24)22-17-11-15-16(5-4-10-21-15)23(17)14-8-6-13(20)7-9-14/h4-11H,12H2,1-3H3,(H,22,24). The molecule has 4 nitrogen and oxygen atoms in total. The lowest BCUT2D eigenvalue weighted by Gasteiger charge is -2.18. The number of pyridine rings is 1. The zero-order valence-electron chi connectivity index (χ0n) is 14.0. The summed E-state index contributed by atoms with van der Waals surface area (Å²) >= 11 is 0. The number of nitrogens with one attached hydrogen (secondary N) is 1. The van der Waals surface area contributed by atoms with E-state index < -0.39 is 0 Å². The first-order valence-electron chi connectivity index (χ1n) is 7.86. The second-order valence-corrected chi connectivity index (χ2v) is 7.03. The van der Waals surface area contributed by atoms with E-state index in [1.165, 1.54) is 12.1 Å². The molecule has 2 heterocycles. The molecule has 0 atom stereocenters. The number of amides is 1. The lowest BCUT2D eigenvalue weighted by molar-refractivity contribution is -0.117. The minimum absolute atomic E-state index is 0.0614. The van der Waals surface area contributed by atoms with Gasteiger partial charge in [0.05, 0.1) is 11.0 Å². The van der Waals surface area contributed by atoms with E-state index in [1.54, 1.807) is 18.3 Å². The average Bonchev–Trinajstić information content (AvgIpc) is 2.84. The fraction of sp³-hybridized carbons (Fsp3) is 0.263. The summed E-state index contributed by atoms with van der Waals surface area (Å²) in [4.78, 5) is 16.7. The van der Waals surface area contributed by atoms with E-state index in [4.69, 9.17) is 0 Å². The molecule has 0 aliphatic heterocycles. The number of carbonyl (C=O) groups is 1. The summed E-state index contributed by atoms with van der Waals surface area (Å²) in [6.07, 6.45) is 2.11. The van der Waals surface area contributed by atoms with Crippen molar-refractivity contribution in [3.63, 3.8) is 0 Å². The van der Waals surface area contributed by atoms with E-state index in [-0.39, 0.29) is 17.1 Å². The van der Waals surface area contributed by atoms with Crippen LogP contribution in [-0.2, 0) is 4.79 Å². The number of benzene rings is 1. The zero-order chi connectivity index (χ0) is 17.3. The molecule has 1 N–H and O–H groups in total. The topological polar surface area (TPSA) is 46.9 Å². The second-order valence-electron chi connectivity index (χ2n) is 7.03. The smallest absolute Gasteiger partial charge is 0.226 e. The number of anilines is 1. The van der Waals surface area contributed by atoms with Gasteiger partial charge >= 0.3 is 0 Å². The van der Waals surface area contributed by atoms with Crippen LogP contribution in [0.3, 0.4) is 0 Å². The highest BCUT2D eigenvalue weighted by Gasteiger charge is 2.18. The predicted molar refractivity (Wildman–Crippen MR) is 93.7 cm³/mol. The summed E-state index contributed by atoms with van der Waals surface area (Å²) in [5, 5.41) is 2.96. The monoisotopic (exact) mass is 325 g/mol. The van der Waals surface area contributed by atoms with Crippen molar-refractivity contribution in [3.8, 4) is 5.69 Å². The van der Waals surface area contributed by atoms with E-state index in [0.29, 0.717) is 12.2 Å². The first-order chi connectivity index (χ1) is 11.3. The van der Waals surface area contributed by atoms with Crippen molar-refractivity contribution in [2.45, 2.75) is 27.2 Å². The second kappa shape index (κ2) is 6.07. The third kappa shape index (κ3) is 3.45. The van der Waals surface area contributed by atoms with E-state index in [0.717, 1.165) is 16.7 Å². The number of rotatable bonds is 3. The molecule has 0 spiro atoms. The van der Waals surface area contributed by atoms with Crippen LogP contribution in [0.15, 0.2) is 48.7 Å². The molecule has 1 amide bonds. The molecule has 3 rings (SSSR count). The van der Waals surface area contributed by atoms with Gasteiger partial charge in [0, 0.05) is 24.4 Å². The van der Waals surface area contributed by atoms with Crippen LogP contribution in [0.5, 0.6) is 0 Å².